The van der Waals surface area contributed by atoms with Crippen LogP contribution in [0.4, 0.5) is 0 Å². The highest BCUT2D eigenvalue weighted by molar-refractivity contribution is 5.80. The summed E-state index contributed by atoms with van der Waals surface area (Å²) in [7, 11) is 0. The Morgan fingerprint density at radius 3 is 1.07 bits per heavy atom. The number of pyridine rings is 4. The average molecular weight is 408 g/mol. The molecule has 2 N–H and O–H groups in total. The minimum absolute atomic E-state index is 1.23. The number of carboxylic acids is 2. The van der Waals surface area contributed by atoms with Gasteiger partial charge in [-0.1, -0.05) is 0 Å². The fourth-order valence-corrected chi connectivity index (χ4v) is 2.34. The van der Waals surface area contributed by atoms with Crippen molar-refractivity contribution in [3.05, 3.63) is 97.6 Å². The Kier molecular flexibility index (Phi) is 8.37. The molecule has 0 amide bonds. The van der Waals surface area contributed by atoms with E-state index < -0.39 is 24.1 Å². The van der Waals surface area contributed by atoms with E-state index in [1.165, 1.54) is 11.0 Å². The first-order valence-electron chi connectivity index (χ1n) is 8.88. The summed E-state index contributed by atoms with van der Waals surface area (Å²) in [5, 5.41) is 35.7. The van der Waals surface area contributed by atoms with Crippen molar-refractivity contribution < 1.29 is 38.8 Å². The maximum atomic E-state index is 9.63. The van der Waals surface area contributed by atoms with E-state index in [0.717, 1.165) is 0 Å². The van der Waals surface area contributed by atoms with Gasteiger partial charge in [-0.2, -0.15) is 8.80 Å². The van der Waals surface area contributed by atoms with Gasteiger partial charge >= 0.3 is 0 Å². The molecule has 4 heterocycles. The number of aliphatic hydroxyl groups excluding tert-OH is 2. The highest BCUT2D eigenvalue weighted by atomic mass is 16.4. The first kappa shape index (κ1) is 22.4. The van der Waals surface area contributed by atoms with Gasteiger partial charge in [-0.15, -0.1) is 0 Å². The lowest BCUT2D eigenvalue weighted by Gasteiger charge is -2.18. The summed E-state index contributed by atoms with van der Waals surface area (Å²) in [6.45, 7) is 0. The molecule has 154 valence electrons. The van der Waals surface area contributed by atoms with Gasteiger partial charge in [-0.3, -0.25) is 0 Å². The first-order valence-corrected chi connectivity index (χ1v) is 8.88. The lowest BCUT2D eigenvalue weighted by Crippen LogP contribution is -2.51. The van der Waals surface area contributed by atoms with Crippen LogP contribution in [0, 0.1) is 0 Å². The number of aromatic nitrogens is 2. The third kappa shape index (κ3) is 6.62. The van der Waals surface area contributed by atoms with Crippen LogP contribution in [0.25, 0.3) is 11.0 Å². The SMILES string of the molecule is O=C([O-])[C@@H](O)[C@H](O)C(=O)[O-].c1cc[n+]2ccccc2c1.c1cc[n+]2ccccc2c1. The minimum atomic E-state index is -2.44. The summed E-state index contributed by atoms with van der Waals surface area (Å²) < 4.78 is 4.17. The predicted octanol–water partition coefficient (Wildman–Crippen LogP) is -1.94. The van der Waals surface area contributed by atoms with Crippen molar-refractivity contribution in [1.29, 1.82) is 0 Å². The van der Waals surface area contributed by atoms with Gasteiger partial charge < -0.3 is 30.0 Å². The molecular formula is C22H20N2O6. The van der Waals surface area contributed by atoms with E-state index >= 15 is 0 Å². The average Bonchev–Trinajstić information content (AvgIpc) is 2.79. The van der Waals surface area contributed by atoms with Crippen LogP contribution in [-0.4, -0.2) is 34.4 Å². The molecule has 4 aromatic heterocycles. The topological polar surface area (TPSA) is 129 Å². The number of carboxylic acid groups (broad SMARTS) is 2. The minimum Gasteiger partial charge on any atom is -0.547 e. The van der Waals surface area contributed by atoms with Crippen molar-refractivity contribution in [2.45, 2.75) is 12.2 Å². The van der Waals surface area contributed by atoms with Crippen molar-refractivity contribution in [3.63, 3.8) is 0 Å². The van der Waals surface area contributed by atoms with E-state index in [1.807, 2.05) is 73.3 Å². The Morgan fingerprint density at radius 1 is 0.600 bits per heavy atom. The second kappa shape index (κ2) is 11.2. The van der Waals surface area contributed by atoms with Crippen LogP contribution < -0.4 is 19.0 Å². The molecule has 0 bridgehead atoms. The van der Waals surface area contributed by atoms with Crippen LogP contribution in [0.1, 0.15) is 0 Å². The third-order valence-electron chi connectivity index (χ3n) is 3.88. The number of carbonyl (C=O) groups excluding carboxylic acids is 2. The molecule has 4 aromatic rings. The van der Waals surface area contributed by atoms with Crippen LogP contribution in [-0.2, 0) is 9.59 Å². The fourth-order valence-electron chi connectivity index (χ4n) is 2.34. The van der Waals surface area contributed by atoms with Gasteiger partial charge in [0.05, 0.1) is 11.9 Å². The highest BCUT2D eigenvalue weighted by Crippen LogP contribution is 1.93. The van der Waals surface area contributed by atoms with Gasteiger partial charge in [0.25, 0.3) is 0 Å². The predicted molar refractivity (Wildman–Crippen MR) is 101 cm³/mol. The summed E-state index contributed by atoms with van der Waals surface area (Å²) in [6.07, 6.45) is 3.27. The van der Waals surface area contributed by atoms with Gasteiger partial charge in [0.15, 0.2) is 24.8 Å². The van der Waals surface area contributed by atoms with Crippen LogP contribution in [0.5, 0.6) is 0 Å². The monoisotopic (exact) mass is 408 g/mol. The Bertz CT molecular complexity index is 898. The molecular weight excluding hydrogens is 388 g/mol. The van der Waals surface area contributed by atoms with E-state index in [4.69, 9.17) is 10.2 Å². The largest absolute Gasteiger partial charge is 0.547 e. The van der Waals surface area contributed by atoms with Crippen molar-refractivity contribution >= 4 is 23.0 Å². The Balaban J connectivity index is 0.000000160. The lowest BCUT2D eigenvalue weighted by atomic mass is 10.2. The number of aliphatic hydroxyl groups is 2. The summed E-state index contributed by atoms with van der Waals surface area (Å²) in [4.78, 5) is 19.3. The maximum Gasteiger partial charge on any atom is 0.210 e. The van der Waals surface area contributed by atoms with E-state index in [0.29, 0.717) is 0 Å². The first-order chi connectivity index (χ1) is 14.4. The van der Waals surface area contributed by atoms with Crippen molar-refractivity contribution in [3.8, 4) is 0 Å². The number of aliphatic carboxylic acids is 2. The molecule has 0 saturated carbocycles. The van der Waals surface area contributed by atoms with E-state index in [1.54, 1.807) is 0 Å². The van der Waals surface area contributed by atoms with E-state index in [-0.39, 0.29) is 0 Å². The molecule has 0 radical (unpaired) electrons. The maximum absolute atomic E-state index is 9.63. The van der Waals surface area contributed by atoms with Crippen molar-refractivity contribution in [2.75, 3.05) is 0 Å². The quantitative estimate of drug-likeness (QED) is 0.380. The van der Waals surface area contributed by atoms with Gasteiger partial charge in [0.2, 0.25) is 11.0 Å². The zero-order valence-corrected chi connectivity index (χ0v) is 15.8. The molecule has 0 aliphatic rings. The molecule has 4 rings (SSSR count). The van der Waals surface area contributed by atoms with Gasteiger partial charge in [0, 0.05) is 48.5 Å². The second-order valence-electron chi connectivity index (χ2n) is 5.99. The van der Waals surface area contributed by atoms with Gasteiger partial charge in [-0.05, 0) is 24.3 Å². The Hall–Kier alpha value is -3.88. The summed E-state index contributed by atoms with van der Waals surface area (Å²) in [6, 6.07) is 24.6. The standard InChI is InChI=1S/2C9H8N.C4H6O6/c2*1-3-7-10-8-4-2-6-9(10)5-1;5-1(3(7)8)2(6)4(9)10/h2*1-8H;1-2,5-6H,(H,7,8)(H,9,10)/q2*+1;/p-2/t;;1-,2-/m..0/s1. The zero-order valence-electron chi connectivity index (χ0n) is 15.8. The van der Waals surface area contributed by atoms with Crippen LogP contribution in [0.15, 0.2) is 97.6 Å². The molecule has 0 aliphatic heterocycles. The van der Waals surface area contributed by atoms with Crippen LogP contribution in [0.3, 0.4) is 0 Å². The highest BCUT2D eigenvalue weighted by Gasteiger charge is 2.17. The number of hydrogen-bond donors (Lipinski definition) is 2. The number of nitrogens with zero attached hydrogens (tertiary/aromatic N) is 2. The Morgan fingerprint density at radius 2 is 0.867 bits per heavy atom. The molecule has 0 aliphatic carbocycles. The molecule has 30 heavy (non-hydrogen) atoms. The third-order valence-corrected chi connectivity index (χ3v) is 3.88. The number of hydrogen-bond acceptors (Lipinski definition) is 6. The number of rotatable bonds is 3. The smallest absolute Gasteiger partial charge is 0.210 e. The van der Waals surface area contributed by atoms with Crippen LogP contribution in [0.2, 0.25) is 0 Å². The number of carbonyl (C=O) groups is 2. The fraction of sp³-hybridized carbons (Fsp3) is 0.0909. The molecule has 0 saturated heterocycles. The van der Waals surface area contributed by atoms with E-state index in [2.05, 4.69) is 33.1 Å². The molecule has 0 unspecified atom stereocenters. The molecule has 0 fully saturated rings. The molecule has 8 heteroatoms. The van der Waals surface area contributed by atoms with Gasteiger partial charge in [-0.25, -0.2) is 0 Å². The zero-order chi connectivity index (χ0) is 21.9. The molecule has 2 atom stereocenters. The lowest BCUT2D eigenvalue weighted by molar-refractivity contribution is -0.512. The molecule has 0 spiro atoms. The van der Waals surface area contributed by atoms with Crippen LogP contribution >= 0.6 is 0 Å². The van der Waals surface area contributed by atoms with Crippen molar-refractivity contribution in [1.82, 2.24) is 0 Å². The summed E-state index contributed by atoms with van der Waals surface area (Å²) in [5.41, 5.74) is 2.45. The second-order valence-corrected chi connectivity index (χ2v) is 5.99. The number of fused-ring (bicyclic) bond motifs is 2. The van der Waals surface area contributed by atoms with Gasteiger partial charge in [0.1, 0.15) is 12.2 Å². The summed E-state index contributed by atoms with van der Waals surface area (Å²) >= 11 is 0. The molecule has 0 aromatic carbocycles. The Labute approximate surface area is 172 Å². The summed E-state index contributed by atoms with van der Waals surface area (Å²) in [5.74, 6) is -4.12. The van der Waals surface area contributed by atoms with Crippen molar-refractivity contribution in [2.24, 2.45) is 0 Å². The van der Waals surface area contributed by atoms with E-state index in [9.17, 15) is 19.8 Å². The normalized spacial score (nSPS) is 11.9. The molecule has 8 nitrogen and oxygen atoms in total.